The number of carbonyl (C=O) groups is 3. The minimum absolute atomic E-state index is 0.0485. The van der Waals surface area contributed by atoms with Crippen molar-refractivity contribution in [3.63, 3.8) is 0 Å². The normalized spacial score (nSPS) is 14.9. The standard InChI is InChI=1S/C20H25N3O5/c1-4-27-20(26)18-13(2)17(14(3)21-18)15(24)12-22-7-9-23(10-8-22)19(25)16-6-5-11-28-16/h5-6,11,21H,4,7-10,12H2,1-3H3. The number of aryl methyl sites for hydroxylation is 1. The molecular formula is C20H25N3O5. The monoisotopic (exact) mass is 387 g/mol. The Morgan fingerprint density at radius 1 is 1.18 bits per heavy atom. The number of nitrogens with one attached hydrogen (secondary N) is 1. The van der Waals surface area contributed by atoms with Crippen LogP contribution in [0.5, 0.6) is 0 Å². The van der Waals surface area contributed by atoms with Gasteiger partial charge in [0.15, 0.2) is 11.5 Å². The van der Waals surface area contributed by atoms with E-state index in [1.54, 1.807) is 37.8 Å². The average Bonchev–Trinajstić information content (AvgIpc) is 3.30. The lowest BCUT2D eigenvalue weighted by Crippen LogP contribution is -2.49. The van der Waals surface area contributed by atoms with Crippen molar-refractivity contribution in [2.45, 2.75) is 20.8 Å². The molecule has 2 aromatic heterocycles. The summed E-state index contributed by atoms with van der Waals surface area (Å²) in [6, 6.07) is 3.34. The third kappa shape index (κ3) is 4.01. The van der Waals surface area contributed by atoms with Gasteiger partial charge in [-0.3, -0.25) is 14.5 Å². The Bertz CT molecular complexity index is 861. The van der Waals surface area contributed by atoms with Gasteiger partial charge in [0.1, 0.15) is 5.69 Å². The Kier molecular flexibility index (Phi) is 5.99. The fourth-order valence-electron chi connectivity index (χ4n) is 3.52. The number of hydrogen-bond donors (Lipinski definition) is 1. The molecule has 1 N–H and O–H groups in total. The fourth-order valence-corrected chi connectivity index (χ4v) is 3.52. The number of hydrogen-bond acceptors (Lipinski definition) is 6. The molecule has 0 aromatic carbocycles. The third-order valence-corrected chi connectivity index (χ3v) is 4.95. The molecule has 0 saturated carbocycles. The highest BCUT2D eigenvalue weighted by molar-refractivity contribution is 6.03. The van der Waals surface area contributed by atoms with Crippen molar-refractivity contribution in [1.82, 2.24) is 14.8 Å². The number of amides is 1. The van der Waals surface area contributed by atoms with Gasteiger partial charge in [-0.15, -0.1) is 0 Å². The molecule has 150 valence electrons. The molecule has 0 unspecified atom stereocenters. The van der Waals surface area contributed by atoms with Gasteiger partial charge >= 0.3 is 5.97 Å². The van der Waals surface area contributed by atoms with Crippen LogP contribution >= 0.6 is 0 Å². The second-order valence-corrected chi connectivity index (χ2v) is 6.81. The highest BCUT2D eigenvalue weighted by atomic mass is 16.5. The summed E-state index contributed by atoms with van der Waals surface area (Å²) in [7, 11) is 0. The van der Waals surface area contributed by atoms with Crippen LogP contribution in [0.15, 0.2) is 22.8 Å². The molecule has 3 rings (SSSR count). The van der Waals surface area contributed by atoms with E-state index >= 15 is 0 Å². The molecule has 8 nitrogen and oxygen atoms in total. The van der Waals surface area contributed by atoms with Gasteiger partial charge < -0.3 is 19.0 Å². The zero-order valence-corrected chi connectivity index (χ0v) is 16.4. The molecule has 2 aromatic rings. The van der Waals surface area contributed by atoms with Gasteiger partial charge in [-0.25, -0.2) is 4.79 Å². The predicted molar refractivity (Wildman–Crippen MR) is 102 cm³/mol. The molecule has 8 heteroatoms. The number of furan rings is 1. The number of rotatable bonds is 6. The molecule has 1 aliphatic rings. The topological polar surface area (TPSA) is 95.9 Å². The molecule has 1 saturated heterocycles. The van der Waals surface area contributed by atoms with Crippen LogP contribution in [0.1, 0.15) is 49.6 Å². The zero-order valence-electron chi connectivity index (χ0n) is 16.4. The van der Waals surface area contributed by atoms with Crippen molar-refractivity contribution in [1.29, 1.82) is 0 Å². The summed E-state index contributed by atoms with van der Waals surface area (Å²) in [6.07, 6.45) is 1.48. The van der Waals surface area contributed by atoms with Crippen molar-refractivity contribution >= 4 is 17.7 Å². The number of aromatic nitrogens is 1. The molecule has 1 fully saturated rings. The Hall–Kier alpha value is -2.87. The Balaban J connectivity index is 1.60. The van der Waals surface area contributed by atoms with Gasteiger partial charge in [-0.1, -0.05) is 0 Å². The van der Waals surface area contributed by atoms with E-state index in [9.17, 15) is 14.4 Å². The highest BCUT2D eigenvalue weighted by Crippen LogP contribution is 2.20. The number of esters is 1. The van der Waals surface area contributed by atoms with Crippen LogP contribution in [0.3, 0.4) is 0 Å². The van der Waals surface area contributed by atoms with Gasteiger partial charge in [0.25, 0.3) is 5.91 Å². The van der Waals surface area contributed by atoms with Crippen molar-refractivity contribution < 1.29 is 23.5 Å². The molecule has 28 heavy (non-hydrogen) atoms. The van der Waals surface area contributed by atoms with Crippen LogP contribution in [0.2, 0.25) is 0 Å². The highest BCUT2D eigenvalue weighted by Gasteiger charge is 2.27. The van der Waals surface area contributed by atoms with Crippen molar-refractivity contribution in [3.05, 3.63) is 46.7 Å². The minimum Gasteiger partial charge on any atom is -0.461 e. The number of nitrogens with zero attached hydrogens (tertiary/aromatic N) is 2. The van der Waals surface area contributed by atoms with Gasteiger partial charge in [-0.05, 0) is 38.5 Å². The lowest BCUT2D eigenvalue weighted by atomic mass is 10.0. The van der Waals surface area contributed by atoms with Crippen LogP contribution < -0.4 is 0 Å². The number of carbonyl (C=O) groups excluding carboxylic acids is 3. The molecule has 1 aliphatic heterocycles. The van der Waals surface area contributed by atoms with Crippen molar-refractivity contribution in [2.75, 3.05) is 39.3 Å². The van der Waals surface area contributed by atoms with Crippen molar-refractivity contribution in [3.8, 4) is 0 Å². The maximum atomic E-state index is 12.8. The van der Waals surface area contributed by atoms with E-state index in [-0.39, 0.29) is 24.8 Å². The smallest absolute Gasteiger partial charge is 0.355 e. The first-order valence-electron chi connectivity index (χ1n) is 9.37. The molecule has 0 bridgehead atoms. The van der Waals surface area contributed by atoms with Crippen LogP contribution in [0.4, 0.5) is 0 Å². The predicted octanol–water partition coefficient (Wildman–Crippen LogP) is 2.04. The van der Waals surface area contributed by atoms with Crippen molar-refractivity contribution in [2.24, 2.45) is 0 Å². The Morgan fingerprint density at radius 2 is 1.89 bits per heavy atom. The maximum absolute atomic E-state index is 12.8. The number of piperazine rings is 1. The molecule has 1 amide bonds. The average molecular weight is 387 g/mol. The van der Waals surface area contributed by atoms with E-state index in [2.05, 4.69) is 4.98 Å². The largest absolute Gasteiger partial charge is 0.461 e. The number of ketones is 1. The molecule has 0 spiro atoms. The van der Waals surface area contributed by atoms with Gasteiger partial charge in [0.05, 0.1) is 19.4 Å². The van der Waals surface area contributed by atoms with E-state index in [0.717, 1.165) is 0 Å². The lowest BCUT2D eigenvalue weighted by molar-refractivity contribution is 0.0518. The first-order valence-corrected chi connectivity index (χ1v) is 9.37. The Labute approximate surface area is 163 Å². The van der Waals surface area contributed by atoms with E-state index in [4.69, 9.17) is 9.15 Å². The molecule has 0 aliphatic carbocycles. The van der Waals surface area contributed by atoms with Gasteiger partial charge in [-0.2, -0.15) is 0 Å². The second-order valence-electron chi connectivity index (χ2n) is 6.81. The van der Waals surface area contributed by atoms with E-state index < -0.39 is 5.97 Å². The molecule has 0 atom stereocenters. The minimum atomic E-state index is -0.452. The summed E-state index contributed by atoms with van der Waals surface area (Å²) in [6.45, 7) is 8.07. The van der Waals surface area contributed by atoms with Crippen LogP contribution in [-0.4, -0.2) is 71.8 Å². The van der Waals surface area contributed by atoms with Crippen LogP contribution in [0, 0.1) is 13.8 Å². The first-order chi connectivity index (χ1) is 13.4. The van der Waals surface area contributed by atoms with E-state index in [1.165, 1.54) is 6.26 Å². The zero-order chi connectivity index (χ0) is 20.3. The quantitative estimate of drug-likeness (QED) is 0.602. The molecule has 0 radical (unpaired) electrons. The number of Topliss-reactive ketones (excluding diaryl/α,β-unsaturated/α-hetero) is 1. The summed E-state index contributed by atoms with van der Waals surface area (Å²) >= 11 is 0. The van der Waals surface area contributed by atoms with Crippen LogP contribution in [0.25, 0.3) is 0 Å². The molecule has 3 heterocycles. The SMILES string of the molecule is CCOC(=O)c1[nH]c(C)c(C(=O)CN2CCN(C(=O)c3ccco3)CC2)c1C. The summed E-state index contributed by atoms with van der Waals surface area (Å²) in [5.41, 5.74) is 2.15. The fraction of sp³-hybridized carbons (Fsp3) is 0.450. The second kappa shape index (κ2) is 8.43. The summed E-state index contributed by atoms with van der Waals surface area (Å²) < 4.78 is 10.2. The number of aromatic amines is 1. The Morgan fingerprint density at radius 3 is 2.50 bits per heavy atom. The van der Waals surface area contributed by atoms with E-state index in [1.807, 2.05) is 4.90 Å². The maximum Gasteiger partial charge on any atom is 0.355 e. The molecular weight excluding hydrogens is 362 g/mol. The summed E-state index contributed by atoms with van der Waals surface area (Å²) in [4.78, 5) is 43.9. The summed E-state index contributed by atoms with van der Waals surface area (Å²) in [5.74, 6) is -0.304. The number of H-pyrrole nitrogens is 1. The van der Waals surface area contributed by atoms with Crippen LogP contribution in [-0.2, 0) is 4.74 Å². The lowest BCUT2D eigenvalue weighted by Gasteiger charge is -2.33. The van der Waals surface area contributed by atoms with Gasteiger partial charge in [0, 0.05) is 37.4 Å². The third-order valence-electron chi connectivity index (χ3n) is 4.95. The van der Waals surface area contributed by atoms with E-state index in [0.29, 0.717) is 54.5 Å². The van der Waals surface area contributed by atoms with Gasteiger partial charge in [0.2, 0.25) is 0 Å². The summed E-state index contributed by atoms with van der Waals surface area (Å²) in [5, 5.41) is 0. The first kappa shape index (κ1) is 19.9. The number of ether oxygens (including phenoxy) is 1.